The van der Waals surface area contributed by atoms with Crippen LogP contribution in [0.5, 0.6) is 5.75 Å². The number of aromatic nitrogens is 2. The molecule has 4 aliphatic rings. The molecular weight excluding hydrogens is 430 g/mol. The molecule has 1 aromatic heterocycles. The van der Waals surface area contributed by atoms with Crippen molar-refractivity contribution in [3.63, 3.8) is 0 Å². The van der Waals surface area contributed by atoms with Crippen LogP contribution in [0.4, 0.5) is 0 Å². The van der Waals surface area contributed by atoms with Gasteiger partial charge in [-0.3, -0.25) is 9.36 Å². The molecule has 0 saturated heterocycles. The molecule has 7 rings (SSSR count). The Labute approximate surface area is 199 Å². The van der Waals surface area contributed by atoms with E-state index < -0.39 is 0 Å². The summed E-state index contributed by atoms with van der Waals surface area (Å²) < 4.78 is 7.75. The van der Waals surface area contributed by atoms with E-state index in [9.17, 15) is 4.79 Å². The Morgan fingerprint density at radius 3 is 2.39 bits per heavy atom. The molecule has 172 valence electrons. The van der Waals surface area contributed by atoms with Crippen molar-refractivity contribution < 1.29 is 9.53 Å². The van der Waals surface area contributed by atoms with E-state index in [2.05, 4.69) is 28.1 Å². The molecule has 6 heteroatoms. The van der Waals surface area contributed by atoms with Gasteiger partial charge in [-0.25, -0.2) is 4.98 Å². The minimum atomic E-state index is 0.0572. The van der Waals surface area contributed by atoms with Gasteiger partial charge in [-0.15, -0.1) is 0 Å². The molecule has 3 aromatic rings. The van der Waals surface area contributed by atoms with E-state index in [1.54, 1.807) is 0 Å². The van der Waals surface area contributed by atoms with E-state index in [-0.39, 0.29) is 11.4 Å². The second-order valence-electron chi connectivity index (χ2n) is 10.2. The first-order chi connectivity index (χ1) is 16.1. The van der Waals surface area contributed by atoms with Gasteiger partial charge in [0.2, 0.25) is 5.91 Å². The fourth-order valence-corrected chi connectivity index (χ4v) is 7.76. The van der Waals surface area contributed by atoms with Crippen LogP contribution in [-0.4, -0.2) is 33.4 Å². The zero-order valence-electron chi connectivity index (χ0n) is 19.1. The zero-order chi connectivity index (χ0) is 22.4. The Balaban J connectivity index is 1.21. The van der Waals surface area contributed by atoms with Gasteiger partial charge in [-0.2, -0.15) is 0 Å². The van der Waals surface area contributed by atoms with Crippen molar-refractivity contribution in [2.24, 2.45) is 17.8 Å². The Morgan fingerprint density at radius 2 is 1.73 bits per heavy atom. The fourth-order valence-electron chi connectivity index (χ4n) is 6.93. The predicted molar refractivity (Wildman–Crippen MR) is 132 cm³/mol. The van der Waals surface area contributed by atoms with Crippen molar-refractivity contribution in [3.8, 4) is 11.4 Å². The molecule has 0 spiro atoms. The van der Waals surface area contributed by atoms with Crippen LogP contribution < -0.4 is 10.1 Å². The number of imidazole rings is 1. The second kappa shape index (κ2) is 8.39. The highest BCUT2D eigenvalue weighted by Gasteiger charge is 2.51. The molecule has 2 aromatic carbocycles. The molecule has 4 aliphatic carbocycles. The number of para-hydroxylation sites is 2. The monoisotopic (exact) mass is 461 g/mol. The SMILES string of the molecule is CCOc1ccc(-n2c(SCC(=O)NC34CC5CC(CC(C5)C3)C4)nc3ccccc32)cc1. The summed E-state index contributed by atoms with van der Waals surface area (Å²) in [7, 11) is 0. The minimum absolute atomic E-state index is 0.0572. The van der Waals surface area contributed by atoms with Gasteiger partial charge in [0.05, 0.1) is 23.4 Å². The van der Waals surface area contributed by atoms with Crippen LogP contribution in [-0.2, 0) is 4.79 Å². The molecule has 4 saturated carbocycles. The second-order valence-corrected chi connectivity index (χ2v) is 11.1. The number of amides is 1. The summed E-state index contributed by atoms with van der Waals surface area (Å²) in [6.07, 6.45) is 7.70. The highest BCUT2D eigenvalue weighted by molar-refractivity contribution is 7.99. The first-order valence-electron chi connectivity index (χ1n) is 12.3. The van der Waals surface area contributed by atoms with Crippen LogP contribution in [0.15, 0.2) is 53.7 Å². The van der Waals surface area contributed by atoms with E-state index in [1.807, 2.05) is 37.3 Å². The van der Waals surface area contributed by atoms with Crippen LogP contribution in [0.1, 0.15) is 45.4 Å². The molecule has 4 bridgehead atoms. The van der Waals surface area contributed by atoms with Gasteiger partial charge in [0, 0.05) is 11.2 Å². The highest BCUT2D eigenvalue weighted by Crippen LogP contribution is 2.55. The molecule has 0 aliphatic heterocycles. The van der Waals surface area contributed by atoms with Crippen LogP contribution in [0.25, 0.3) is 16.7 Å². The van der Waals surface area contributed by atoms with Crippen molar-refractivity contribution in [2.75, 3.05) is 12.4 Å². The maximum atomic E-state index is 13.1. The molecule has 0 radical (unpaired) electrons. The number of nitrogens with one attached hydrogen (secondary N) is 1. The number of nitrogens with zero attached hydrogens (tertiary/aromatic N) is 2. The summed E-state index contributed by atoms with van der Waals surface area (Å²) in [5, 5.41) is 4.34. The van der Waals surface area contributed by atoms with Crippen LogP contribution >= 0.6 is 11.8 Å². The first-order valence-corrected chi connectivity index (χ1v) is 13.2. The summed E-state index contributed by atoms with van der Waals surface area (Å²) in [5.74, 6) is 3.87. The van der Waals surface area contributed by atoms with E-state index in [0.717, 1.165) is 45.4 Å². The fraction of sp³-hybridized carbons (Fsp3) is 0.481. The van der Waals surface area contributed by atoms with E-state index in [0.29, 0.717) is 12.4 Å². The number of ether oxygens (including phenoxy) is 1. The molecule has 1 N–H and O–H groups in total. The molecule has 5 nitrogen and oxygen atoms in total. The van der Waals surface area contributed by atoms with Gasteiger partial charge in [0.25, 0.3) is 0 Å². The quantitative estimate of drug-likeness (QED) is 0.465. The van der Waals surface area contributed by atoms with Gasteiger partial charge in [-0.05, 0) is 99.6 Å². The van der Waals surface area contributed by atoms with Crippen molar-refractivity contribution in [3.05, 3.63) is 48.5 Å². The first kappa shape index (κ1) is 21.1. The van der Waals surface area contributed by atoms with Crippen molar-refractivity contribution in [2.45, 2.75) is 56.1 Å². The number of hydrogen-bond acceptors (Lipinski definition) is 4. The highest BCUT2D eigenvalue weighted by atomic mass is 32.2. The van der Waals surface area contributed by atoms with Crippen LogP contribution in [0.2, 0.25) is 0 Å². The molecule has 4 fully saturated rings. The van der Waals surface area contributed by atoms with Gasteiger partial charge in [0.15, 0.2) is 5.16 Å². The largest absolute Gasteiger partial charge is 0.494 e. The van der Waals surface area contributed by atoms with Gasteiger partial charge >= 0.3 is 0 Å². The summed E-state index contributed by atoms with van der Waals surface area (Å²) in [6, 6.07) is 16.2. The summed E-state index contributed by atoms with van der Waals surface area (Å²) >= 11 is 1.53. The zero-order valence-corrected chi connectivity index (χ0v) is 19.9. The number of hydrogen-bond donors (Lipinski definition) is 1. The average Bonchev–Trinajstić information content (AvgIpc) is 3.16. The summed E-state index contributed by atoms with van der Waals surface area (Å²) in [4.78, 5) is 18.0. The maximum absolute atomic E-state index is 13.1. The molecule has 33 heavy (non-hydrogen) atoms. The lowest BCUT2D eigenvalue weighted by Crippen LogP contribution is -2.60. The number of thioether (sulfide) groups is 1. The van der Waals surface area contributed by atoms with Crippen molar-refractivity contribution in [1.82, 2.24) is 14.9 Å². The van der Waals surface area contributed by atoms with E-state index in [4.69, 9.17) is 9.72 Å². The lowest BCUT2D eigenvalue weighted by Gasteiger charge is -2.56. The third kappa shape index (κ3) is 4.03. The van der Waals surface area contributed by atoms with Gasteiger partial charge in [0.1, 0.15) is 5.75 Å². The Kier molecular flexibility index (Phi) is 5.36. The standard InChI is InChI=1S/C27H31N3O2S/c1-2-32-22-9-7-21(8-10-22)30-24-6-4-3-5-23(24)28-26(30)33-17-25(31)29-27-14-18-11-19(15-27)13-20(12-18)16-27/h3-10,18-20H,2,11-17H2,1H3,(H,29,31). The van der Waals surface area contributed by atoms with E-state index in [1.165, 1.54) is 50.3 Å². The summed E-state index contributed by atoms with van der Waals surface area (Å²) in [6.45, 7) is 2.63. The predicted octanol–water partition coefficient (Wildman–Crippen LogP) is 5.60. The third-order valence-corrected chi connectivity index (χ3v) is 8.65. The number of carbonyl (C=O) groups excluding carboxylic acids is 1. The van der Waals surface area contributed by atoms with Gasteiger partial charge < -0.3 is 10.1 Å². The van der Waals surface area contributed by atoms with E-state index >= 15 is 0 Å². The Bertz CT molecular complexity index is 1130. The smallest absolute Gasteiger partial charge is 0.230 e. The Hall–Kier alpha value is -2.47. The number of fused-ring (bicyclic) bond motifs is 1. The number of carbonyl (C=O) groups is 1. The van der Waals surface area contributed by atoms with Gasteiger partial charge in [-0.1, -0.05) is 23.9 Å². The maximum Gasteiger partial charge on any atom is 0.230 e. The lowest BCUT2D eigenvalue weighted by atomic mass is 9.53. The molecule has 0 unspecified atom stereocenters. The number of benzene rings is 2. The average molecular weight is 462 g/mol. The van der Waals surface area contributed by atoms with Crippen molar-refractivity contribution in [1.29, 1.82) is 0 Å². The molecule has 1 amide bonds. The van der Waals surface area contributed by atoms with Crippen LogP contribution in [0, 0.1) is 17.8 Å². The lowest BCUT2D eigenvalue weighted by molar-refractivity contribution is -0.124. The summed E-state index contributed by atoms with van der Waals surface area (Å²) in [5.41, 5.74) is 3.07. The topological polar surface area (TPSA) is 56.1 Å². The molecular formula is C27H31N3O2S. The Morgan fingerprint density at radius 1 is 1.06 bits per heavy atom. The normalized spacial score (nSPS) is 27.7. The third-order valence-electron chi connectivity index (χ3n) is 7.71. The minimum Gasteiger partial charge on any atom is -0.494 e. The van der Waals surface area contributed by atoms with Crippen molar-refractivity contribution >= 4 is 28.7 Å². The molecule has 0 atom stereocenters. The molecule has 1 heterocycles. The number of rotatable bonds is 7. The van der Waals surface area contributed by atoms with Crippen LogP contribution in [0.3, 0.4) is 0 Å².